The lowest BCUT2D eigenvalue weighted by Crippen LogP contribution is -2.52. The number of alkyl carbamates (subject to hydrolysis) is 2. The van der Waals surface area contributed by atoms with E-state index in [1.165, 1.54) is 36.5 Å². The van der Waals surface area contributed by atoms with Gasteiger partial charge in [-0.2, -0.15) is 0 Å². The number of imidazole rings is 2. The van der Waals surface area contributed by atoms with E-state index in [0.717, 1.165) is 73.3 Å². The number of rotatable bonds is 11. The van der Waals surface area contributed by atoms with Gasteiger partial charge in [-0.1, -0.05) is 37.6 Å². The van der Waals surface area contributed by atoms with E-state index in [0.29, 0.717) is 18.9 Å². The number of aromatic amines is 2. The highest BCUT2D eigenvalue weighted by Crippen LogP contribution is 2.52. The molecule has 0 spiro atoms. The minimum Gasteiger partial charge on any atom is -0.453 e. The van der Waals surface area contributed by atoms with E-state index in [9.17, 15) is 19.2 Å². The van der Waals surface area contributed by atoms with Gasteiger partial charge in [0.25, 0.3) is 0 Å². The average molecular weight is 737 g/mol. The molecule has 2 aromatic heterocycles. The van der Waals surface area contributed by atoms with Gasteiger partial charge in [0.05, 0.1) is 44.5 Å². The van der Waals surface area contributed by atoms with Crippen LogP contribution in [0.2, 0.25) is 0 Å². The van der Waals surface area contributed by atoms with Gasteiger partial charge in [-0.15, -0.1) is 0 Å². The number of amides is 4. The molecule has 4 amide bonds. The second kappa shape index (κ2) is 15.4. The van der Waals surface area contributed by atoms with Crippen LogP contribution < -0.4 is 10.6 Å². The van der Waals surface area contributed by atoms with Crippen LogP contribution in [-0.4, -0.2) is 93.6 Å². The lowest BCUT2D eigenvalue weighted by atomic mass is 9.79. The molecular formula is C40H48N8O6. The van der Waals surface area contributed by atoms with E-state index in [-0.39, 0.29) is 36.9 Å². The van der Waals surface area contributed by atoms with Crippen LogP contribution in [-0.2, 0) is 44.0 Å². The van der Waals surface area contributed by atoms with E-state index in [2.05, 4.69) is 73.6 Å². The number of H-pyrrole nitrogens is 2. The van der Waals surface area contributed by atoms with Gasteiger partial charge in [-0.3, -0.25) is 9.59 Å². The summed E-state index contributed by atoms with van der Waals surface area (Å²) in [6.07, 6.45) is 8.90. The Morgan fingerprint density at radius 3 is 2.17 bits per heavy atom. The SMILES string of the molecule is CCCN(Cc1ncc(-c2ccc3c(c2)CCc2cc(-c4cnc([C@]5(C)[C@H]6CCC[C@H](C6)N5C(=O)CNC(=O)OC)[nH]4)ccc2-3)[nH]1)C(=O)CNC(=O)OC. The normalized spacial score (nSPS) is 19.7. The summed E-state index contributed by atoms with van der Waals surface area (Å²) in [6, 6.07) is 13.2. The van der Waals surface area contributed by atoms with Crippen LogP contribution in [0.5, 0.6) is 0 Å². The molecule has 1 saturated carbocycles. The van der Waals surface area contributed by atoms with Crippen molar-refractivity contribution in [3.8, 4) is 33.6 Å². The summed E-state index contributed by atoms with van der Waals surface area (Å²) in [5.41, 5.74) is 8.18. The van der Waals surface area contributed by atoms with Crippen molar-refractivity contribution in [2.45, 2.75) is 76.9 Å². The second-order valence-corrected chi connectivity index (χ2v) is 14.6. The number of methoxy groups -OCH3 is 2. The number of aryl methyl sites for hydroxylation is 2. The fourth-order valence-corrected chi connectivity index (χ4v) is 8.68. The molecule has 4 N–H and O–H groups in total. The third-order valence-electron chi connectivity index (χ3n) is 11.4. The topological polar surface area (TPSA) is 175 Å². The molecule has 4 aromatic rings. The van der Waals surface area contributed by atoms with Crippen molar-refractivity contribution in [1.29, 1.82) is 0 Å². The van der Waals surface area contributed by atoms with Gasteiger partial charge < -0.3 is 39.9 Å². The Balaban J connectivity index is 1.07. The van der Waals surface area contributed by atoms with Crippen LogP contribution in [0.4, 0.5) is 9.59 Å². The number of aromatic nitrogens is 4. The average Bonchev–Trinajstić information content (AvgIpc) is 3.93. The first-order valence-corrected chi connectivity index (χ1v) is 18.7. The first-order valence-electron chi connectivity index (χ1n) is 18.7. The molecule has 0 radical (unpaired) electrons. The Morgan fingerprint density at radius 2 is 1.52 bits per heavy atom. The van der Waals surface area contributed by atoms with Gasteiger partial charge in [0.15, 0.2) is 0 Å². The number of ether oxygens (including phenoxy) is 2. The molecule has 2 fully saturated rings. The zero-order chi connectivity index (χ0) is 38.0. The maximum absolute atomic E-state index is 13.5. The van der Waals surface area contributed by atoms with Gasteiger partial charge >= 0.3 is 12.2 Å². The van der Waals surface area contributed by atoms with Crippen molar-refractivity contribution in [3.05, 3.63) is 71.6 Å². The fourth-order valence-electron chi connectivity index (χ4n) is 8.68. The van der Waals surface area contributed by atoms with Crippen LogP contribution in [0.3, 0.4) is 0 Å². The highest BCUT2D eigenvalue weighted by molar-refractivity contribution is 5.84. The van der Waals surface area contributed by atoms with Crippen molar-refractivity contribution < 1.29 is 28.7 Å². The summed E-state index contributed by atoms with van der Waals surface area (Å²) in [4.78, 5) is 69.6. The molecule has 0 unspecified atom stereocenters. The Hall–Kier alpha value is -5.66. The number of carbonyl (C=O) groups is 4. The third-order valence-corrected chi connectivity index (χ3v) is 11.4. The largest absolute Gasteiger partial charge is 0.453 e. The fraction of sp³-hybridized carbons (Fsp3) is 0.450. The van der Waals surface area contributed by atoms with Crippen LogP contribution in [0, 0.1) is 5.92 Å². The molecule has 14 nitrogen and oxygen atoms in total. The first kappa shape index (κ1) is 36.7. The number of nitrogens with one attached hydrogen (secondary N) is 4. The first-order chi connectivity index (χ1) is 26.1. The molecule has 284 valence electrons. The van der Waals surface area contributed by atoms with Crippen molar-refractivity contribution in [2.75, 3.05) is 33.9 Å². The Kier molecular flexibility index (Phi) is 10.4. The Morgan fingerprint density at radius 1 is 0.889 bits per heavy atom. The predicted octanol–water partition coefficient (Wildman–Crippen LogP) is 5.30. The summed E-state index contributed by atoms with van der Waals surface area (Å²) in [5.74, 6) is 1.38. The van der Waals surface area contributed by atoms with Gasteiger partial charge in [0.1, 0.15) is 30.3 Å². The Bertz CT molecular complexity index is 2060. The molecule has 7 rings (SSSR count). The molecule has 3 aliphatic rings. The summed E-state index contributed by atoms with van der Waals surface area (Å²) in [6.45, 7) is 4.69. The third kappa shape index (κ3) is 7.04. The van der Waals surface area contributed by atoms with Crippen molar-refractivity contribution >= 4 is 24.0 Å². The van der Waals surface area contributed by atoms with Gasteiger partial charge in [-0.25, -0.2) is 19.6 Å². The van der Waals surface area contributed by atoms with E-state index in [4.69, 9.17) is 9.72 Å². The van der Waals surface area contributed by atoms with Crippen LogP contribution in [0.1, 0.15) is 68.7 Å². The summed E-state index contributed by atoms with van der Waals surface area (Å²) in [5, 5.41) is 5.02. The lowest BCUT2D eigenvalue weighted by Gasteiger charge is -2.38. The summed E-state index contributed by atoms with van der Waals surface area (Å²) in [7, 11) is 2.55. The van der Waals surface area contributed by atoms with Crippen LogP contribution in [0.15, 0.2) is 48.8 Å². The quantitative estimate of drug-likeness (QED) is 0.161. The van der Waals surface area contributed by atoms with E-state index in [1.807, 2.05) is 18.0 Å². The molecule has 14 heteroatoms. The van der Waals surface area contributed by atoms with Crippen molar-refractivity contribution in [1.82, 2.24) is 40.4 Å². The van der Waals surface area contributed by atoms with E-state index >= 15 is 0 Å². The zero-order valence-corrected chi connectivity index (χ0v) is 31.3. The van der Waals surface area contributed by atoms with Crippen molar-refractivity contribution in [3.63, 3.8) is 0 Å². The molecule has 1 aliphatic heterocycles. The molecule has 2 aliphatic carbocycles. The maximum Gasteiger partial charge on any atom is 0.407 e. The number of fused-ring (bicyclic) bond motifs is 5. The number of nitrogens with zero attached hydrogens (tertiary/aromatic N) is 4. The highest BCUT2D eigenvalue weighted by Gasteiger charge is 2.56. The molecular weight excluding hydrogens is 688 g/mol. The van der Waals surface area contributed by atoms with Gasteiger partial charge in [0, 0.05) is 12.6 Å². The van der Waals surface area contributed by atoms with E-state index in [1.54, 1.807) is 11.1 Å². The maximum atomic E-state index is 13.5. The smallest absolute Gasteiger partial charge is 0.407 e. The number of carbonyl (C=O) groups excluding carboxylic acids is 4. The van der Waals surface area contributed by atoms with Crippen LogP contribution >= 0.6 is 0 Å². The summed E-state index contributed by atoms with van der Waals surface area (Å²) < 4.78 is 9.28. The molecule has 3 heterocycles. The number of hydrogen-bond donors (Lipinski definition) is 4. The monoisotopic (exact) mass is 736 g/mol. The zero-order valence-electron chi connectivity index (χ0n) is 31.3. The lowest BCUT2D eigenvalue weighted by molar-refractivity contribution is -0.137. The van der Waals surface area contributed by atoms with E-state index < -0.39 is 17.7 Å². The molecule has 2 aromatic carbocycles. The van der Waals surface area contributed by atoms with Gasteiger partial charge in [-0.05, 0) is 96.9 Å². The Labute approximate surface area is 314 Å². The summed E-state index contributed by atoms with van der Waals surface area (Å²) >= 11 is 0. The molecule has 3 atom stereocenters. The van der Waals surface area contributed by atoms with Gasteiger partial charge in [0.2, 0.25) is 11.8 Å². The number of benzene rings is 2. The molecule has 1 saturated heterocycles. The van der Waals surface area contributed by atoms with Crippen molar-refractivity contribution in [2.24, 2.45) is 5.92 Å². The molecule has 2 bridgehead atoms. The van der Waals surface area contributed by atoms with Crippen LogP contribution in [0.25, 0.3) is 33.6 Å². The molecule has 54 heavy (non-hydrogen) atoms. The standard InChI is InChI=1S/C40H48N8O6/c1-5-15-47(35(49)21-43-38(51)53-3)23-34-41-19-32(45-34)26-11-13-30-24(16-26)9-10-25-17-27(12-14-31(25)30)33-20-42-37(46-33)40(2)28-7-6-8-29(18-28)48(40)36(50)22-44-39(52)54-4/h11-14,16-17,19-20,28-29H,5-10,15,18,21-23H2,1-4H3,(H,41,45)(H,42,46)(H,43,51)(H,44,52)/t28-,29+,40-/m0/s1. The highest BCUT2D eigenvalue weighted by atomic mass is 16.5. The number of likely N-dealkylation sites (tertiary alicyclic amines) is 1. The minimum absolute atomic E-state index is 0.115. The minimum atomic E-state index is -0.644. The second-order valence-electron chi connectivity index (χ2n) is 14.6. The predicted molar refractivity (Wildman–Crippen MR) is 201 cm³/mol. The number of hydrogen-bond acceptors (Lipinski definition) is 8.